The summed E-state index contributed by atoms with van der Waals surface area (Å²) in [7, 11) is 0. The Morgan fingerprint density at radius 2 is 1.94 bits per heavy atom. The molecule has 0 aromatic heterocycles. The van der Waals surface area contributed by atoms with Gasteiger partial charge in [0.1, 0.15) is 0 Å². The molecule has 0 bridgehead atoms. The molecule has 18 heavy (non-hydrogen) atoms. The van der Waals surface area contributed by atoms with E-state index in [0.29, 0.717) is 5.56 Å². The zero-order valence-electron chi connectivity index (χ0n) is 11.4. The number of carbonyl (C=O) groups is 1. The fourth-order valence-corrected chi connectivity index (χ4v) is 1.61. The van der Waals surface area contributed by atoms with E-state index in [4.69, 9.17) is 0 Å². The molecule has 0 aliphatic carbocycles. The predicted octanol–water partition coefficient (Wildman–Crippen LogP) is 2.91. The van der Waals surface area contributed by atoms with Crippen LogP contribution in [-0.2, 0) is 0 Å². The van der Waals surface area contributed by atoms with Crippen LogP contribution in [0.4, 0.5) is 0 Å². The largest absolute Gasteiger partial charge is 0.287 e. The fraction of sp³-hybridized carbons (Fsp3) is 0.400. The number of amides is 1. The summed E-state index contributed by atoms with van der Waals surface area (Å²) in [5.41, 5.74) is 6.54. The molecule has 0 spiro atoms. The van der Waals surface area contributed by atoms with Crippen LogP contribution in [0.25, 0.3) is 0 Å². The Morgan fingerprint density at radius 1 is 1.33 bits per heavy atom. The van der Waals surface area contributed by atoms with Crippen LogP contribution in [0.3, 0.4) is 0 Å². The summed E-state index contributed by atoms with van der Waals surface area (Å²) >= 11 is 0. The van der Waals surface area contributed by atoms with Gasteiger partial charge in [-0.25, -0.2) is 5.43 Å². The van der Waals surface area contributed by atoms with Gasteiger partial charge in [0, 0.05) is 11.6 Å². The first kappa shape index (κ1) is 14.5. The van der Waals surface area contributed by atoms with Gasteiger partial charge in [-0.3, -0.25) is 10.2 Å². The highest BCUT2D eigenvalue weighted by atomic mass is 16.2. The molecule has 0 aliphatic rings. The Balaban J connectivity index is 2.58. The summed E-state index contributed by atoms with van der Waals surface area (Å²) in [6.45, 7) is 10.1. The van der Waals surface area contributed by atoms with Crippen LogP contribution >= 0.6 is 0 Å². The zero-order valence-corrected chi connectivity index (χ0v) is 11.4. The number of hydrogen-bond acceptors (Lipinski definition) is 2. The molecule has 0 saturated heterocycles. The molecular weight excluding hydrogens is 224 g/mol. The third-order valence-electron chi connectivity index (χ3n) is 2.84. The van der Waals surface area contributed by atoms with Crippen LogP contribution in [0.15, 0.2) is 43.0 Å². The van der Waals surface area contributed by atoms with Crippen molar-refractivity contribution in [1.29, 1.82) is 0 Å². The first-order valence-corrected chi connectivity index (χ1v) is 6.17. The van der Waals surface area contributed by atoms with E-state index in [9.17, 15) is 4.79 Å². The van der Waals surface area contributed by atoms with E-state index in [1.165, 1.54) is 0 Å². The Hall–Kier alpha value is -1.61. The van der Waals surface area contributed by atoms with Gasteiger partial charge in [0.2, 0.25) is 0 Å². The maximum Gasteiger partial charge on any atom is 0.265 e. The predicted molar refractivity (Wildman–Crippen MR) is 75.1 cm³/mol. The molecule has 0 aliphatic heterocycles. The molecule has 1 amide bonds. The molecule has 98 valence electrons. The highest BCUT2D eigenvalue weighted by molar-refractivity contribution is 5.93. The number of benzene rings is 1. The summed E-state index contributed by atoms with van der Waals surface area (Å²) in [6, 6.07) is 9.31. The Morgan fingerprint density at radius 3 is 2.44 bits per heavy atom. The van der Waals surface area contributed by atoms with Crippen molar-refractivity contribution in [2.24, 2.45) is 5.41 Å². The number of hydrogen-bond donors (Lipinski definition) is 2. The molecule has 0 unspecified atom stereocenters. The van der Waals surface area contributed by atoms with Crippen molar-refractivity contribution >= 4 is 5.91 Å². The van der Waals surface area contributed by atoms with E-state index in [0.717, 1.165) is 6.42 Å². The van der Waals surface area contributed by atoms with Gasteiger partial charge >= 0.3 is 0 Å². The van der Waals surface area contributed by atoms with E-state index in [2.05, 4.69) is 38.2 Å². The number of nitrogens with one attached hydrogen (secondary N) is 2. The molecule has 3 heteroatoms. The molecule has 0 heterocycles. The van der Waals surface area contributed by atoms with E-state index in [1.807, 2.05) is 24.3 Å². The van der Waals surface area contributed by atoms with E-state index < -0.39 is 0 Å². The van der Waals surface area contributed by atoms with Crippen LogP contribution in [0.1, 0.15) is 37.6 Å². The van der Waals surface area contributed by atoms with Gasteiger partial charge in [0.05, 0.1) is 0 Å². The Kier molecular flexibility index (Phi) is 5.10. The molecule has 0 saturated carbocycles. The molecule has 0 fully saturated rings. The van der Waals surface area contributed by atoms with Crippen molar-refractivity contribution in [3.63, 3.8) is 0 Å². The smallest absolute Gasteiger partial charge is 0.265 e. The second-order valence-corrected chi connectivity index (χ2v) is 5.41. The van der Waals surface area contributed by atoms with Crippen molar-refractivity contribution in [3.8, 4) is 0 Å². The van der Waals surface area contributed by atoms with Gasteiger partial charge in [-0.2, -0.15) is 0 Å². The van der Waals surface area contributed by atoms with E-state index in [-0.39, 0.29) is 17.4 Å². The van der Waals surface area contributed by atoms with E-state index >= 15 is 0 Å². The van der Waals surface area contributed by atoms with Gasteiger partial charge in [0.15, 0.2) is 0 Å². The summed E-state index contributed by atoms with van der Waals surface area (Å²) in [6.07, 6.45) is 2.66. The van der Waals surface area contributed by atoms with E-state index in [1.54, 1.807) is 12.1 Å². The third kappa shape index (κ3) is 4.34. The monoisotopic (exact) mass is 246 g/mol. The summed E-state index contributed by atoms with van der Waals surface area (Å²) in [5.74, 6) is -0.117. The lowest BCUT2D eigenvalue weighted by atomic mass is 9.85. The standard InChI is InChI=1S/C15H22N2O/c1-5-9-13(15(2,3)4)16-17-14(18)12-10-7-6-8-11-12/h5-8,10-11,13,16H,1,9H2,2-4H3,(H,17,18)/t13-/m0/s1. The SMILES string of the molecule is C=CC[C@H](NNC(=O)c1ccccc1)C(C)(C)C. The van der Waals surface area contributed by atoms with Gasteiger partial charge in [-0.15, -0.1) is 6.58 Å². The quantitative estimate of drug-likeness (QED) is 0.619. The lowest BCUT2D eigenvalue weighted by Gasteiger charge is -2.30. The van der Waals surface area contributed by atoms with Gasteiger partial charge in [-0.05, 0) is 24.0 Å². The molecule has 1 aromatic rings. The maximum atomic E-state index is 11.9. The minimum atomic E-state index is -0.117. The average Bonchev–Trinajstić information content (AvgIpc) is 2.33. The number of hydrazine groups is 1. The first-order chi connectivity index (χ1) is 8.45. The van der Waals surface area contributed by atoms with Crippen molar-refractivity contribution in [2.75, 3.05) is 0 Å². The highest BCUT2D eigenvalue weighted by Crippen LogP contribution is 2.21. The fourth-order valence-electron chi connectivity index (χ4n) is 1.61. The molecule has 0 radical (unpaired) electrons. The molecular formula is C15H22N2O. The Bertz CT molecular complexity index is 393. The topological polar surface area (TPSA) is 41.1 Å². The second-order valence-electron chi connectivity index (χ2n) is 5.41. The second kappa shape index (κ2) is 6.36. The number of rotatable bonds is 5. The first-order valence-electron chi connectivity index (χ1n) is 6.17. The summed E-state index contributed by atoms with van der Waals surface area (Å²) in [4.78, 5) is 11.9. The van der Waals surface area contributed by atoms with Crippen LogP contribution in [0.2, 0.25) is 0 Å². The van der Waals surface area contributed by atoms with Crippen LogP contribution in [-0.4, -0.2) is 11.9 Å². The molecule has 1 aromatic carbocycles. The molecule has 3 nitrogen and oxygen atoms in total. The lowest BCUT2D eigenvalue weighted by Crippen LogP contribution is -2.49. The molecule has 1 atom stereocenters. The summed E-state index contributed by atoms with van der Waals surface area (Å²) in [5, 5.41) is 0. The van der Waals surface area contributed by atoms with Crippen LogP contribution < -0.4 is 10.9 Å². The minimum absolute atomic E-state index is 0.0537. The lowest BCUT2D eigenvalue weighted by molar-refractivity contribution is 0.0908. The maximum absolute atomic E-state index is 11.9. The van der Waals surface area contributed by atoms with Gasteiger partial charge in [0.25, 0.3) is 5.91 Å². The third-order valence-corrected chi connectivity index (χ3v) is 2.84. The van der Waals surface area contributed by atoms with Crippen molar-refractivity contribution in [3.05, 3.63) is 48.6 Å². The van der Waals surface area contributed by atoms with Crippen molar-refractivity contribution in [2.45, 2.75) is 33.2 Å². The molecule has 1 rings (SSSR count). The highest BCUT2D eigenvalue weighted by Gasteiger charge is 2.23. The zero-order chi connectivity index (χ0) is 13.6. The Labute approximate surface area is 109 Å². The normalized spacial score (nSPS) is 12.8. The van der Waals surface area contributed by atoms with Gasteiger partial charge < -0.3 is 0 Å². The van der Waals surface area contributed by atoms with Gasteiger partial charge in [-0.1, -0.05) is 45.0 Å². The number of carbonyl (C=O) groups excluding carboxylic acids is 1. The van der Waals surface area contributed by atoms with Crippen molar-refractivity contribution < 1.29 is 4.79 Å². The van der Waals surface area contributed by atoms with Crippen LogP contribution in [0.5, 0.6) is 0 Å². The van der Waals surface area contributed by atoms with Crippen LogP contribution in [0, 0.1) is 5.41 Å². The summed E-state index contributed by atoms with van der Waals surface area (Å²) < 4.78 is 0. The van der Waals surface area contributed by atoms with Crippen molar-refractivity contribution in [1.82, 2.24) is 10.9 Å². The average molecular weight is 246 g/mol. The minimum Gasteiger partial charge on any atom is -0.287 e. The molecule has 2 N–H and O–H groups in total.